The molecular weight excluding hydrogens is 294 g/mol. The Bertz CT molecular complexity index is 386. The van der Waals surface area contributed by atoms with Crippen LogP contribution in [0, 0.1) is 0 Å². The van der Waals surface area contributed by atoms with Crippen LogP contribution in [0.2, 0.25) is 0 Å². The first-order valence-electron chi connectivity index (χ1n) is 6.43. The van der Waals surface area contributed by atoms with Crippen LogP contribution in [-0.4, -0.2) is 31.9 Å². The van der Waals surface area contributed by atoms with Crippen molar-refractivity contribution in [1.29, 1.82) is 0 Å². The molecule has 2 rings (SSSR count). The molecule has 100 valence electrons. The number of para-hydroxylation sites is 1. The minimum Gasteiger partial charge on any atom is -0.486 e. The van der Waals surface area contributed by atoms with E-state index in [1.54, 1.807) is 7.11 Å². The molecule has 0 aromatic heterocycles. The van der Waals surface area contributed by atoms with Crippen molar-refractivity contribution < 1.29 is 9.47 Å². The lowest BCUT2D eigenvalue weighted by Gasteiger charge is -2.43. The van der Waals surface area contributed by atoms with E-state index in [0.29, 0.717) is 6.04 Å². The summed E-state index contributed by atoms with van der Waals surface area (Å²) >= 11 is 3.50. The molecular formula is C14H20BrNO2. The summed E-state index contributed by atoms with van der Waals surface area (Å²) in [6.07, 6.45) is 2.43. The fraction of sp³-hybridized carbons (Fsp3) is 0.571. The quantitative estimate of drug-likeness (QED) is 0.876. The monoisotopic (exact) mass is 313 g/mol. The normalized spacial score (nSPS) is 26.7. The Morgan fingerprint density at radius 1 is 1.39 bits per heavy atom. The van der Waals surface area contributed by atoms with Gasteiger partial charge in [0, 0.05) is 19.6 Å². The smallest absolute Gasteiger partial charge is 0.134 e. The number of hydrogen-bond donors (Lipinski definition) is 1. The van der Waals surface area contributed by atoms with Crippen molar-refractivity contribution in [2.45, 2.75) is 38.0 Å². The highest BCUT2D eigenvalue weighted by Gasteiger charge is 2.43. The van der Waals surface area contributed by atoms with Crippen molar-refractivity contribution in [3.8, 4) is 5.75 Å². The Hall–Kier alpha value is -0.580. The zero-order chi connectivity index (χ0) is 13.0. The van der Waals surface area contributed by atoms with E-state index in [9.17, 15) is 0 Å². The molecule has 1 aromatic carbocycles. The van der Waals surface area contributed by atoms with Gasteiger partial charge in [0.05, 0.1) is 4.47 Å². The van der Waals surface area contributed by atoms with E-state index in [2.05, 4.69) is 28.2 Å². The molecule has 3 nitrogen and oxygen atoms in total. The van der Waals surface area contributed by atoms with Crippen LogP contribution in [-0.2, 0) is 4.74 Å². The number of rotatable bonds is 6. The fourth-order valence-corrected chi connectivity index (χ4v) is 2.62. The highest BCUT2D eigenvalue weighted by Crippen LogP contribution is 2.32. The van der Waals surface area contributed by atoms with Gasteiger partial charge in [-0.3, -0.25) is 0 Å². The lowest BCUT2D eigenvalue weighted by molar-refractivity contribution is -0.0889. The predicted octanol–water partition coefficient (Wildman–Crippen LogP) is 2.98. The van der Waals surface area contributed by atoms with Gasteiger partial charge in [-0.2, -0.15) is 0 Å². The van der Waals surface area contributed by atoms with Crippen molar-refractivity contribution in [2.75, 3.05) is 13.7 Å². The second-order valence-corrected chi connectivity index (χ2v) is 5.44. The Labute approximate surface area is 117 Å². The first-order valence-corrected chi connectivity index (χ1v) is 7.23. The van der Waals surface area contributed by atoms with E-state index in [0.717, 1.165) is 29.6 Å². The molecule has 1 aliphatic rings. The lowest BCUT2D eigenvalue weighted by atomic mass is 9.85. The Kier molecular flexibility index (Phi) is 5.03. The van der Waals surface area contributed by atoms with Gasteiger partial charge in [0.25, 0.3) is 0 Å². The largest absolute Gasteiger partial charge is 0.486 e. The second-order valence-electron chi connectivity index (χ2n) is 4.58. The summed E-state index contributed by atoms with van der Waals surface area (Å²) in [5, 5.41) is 3.48. The first kappa shape index (κ1) is 13.8. The number of halogens is 1. The molecule has 0 heterocycles. The lowest BCUT2D eigenvalue weighted by Crippen LogP contribution is -2.61. The molecule has 18 heavy (non-hydrogen) atoms. The predicted molar refractivity (Wildman–Crippen MR) is 76.1 cm³/mol. The Balaban J connectivity index is 1.90. The maximum Gasteiger partial charge on any atom is 0.134 e. The third-order valence-corrected chi connectivity index (χ3v) is 3.95. The summed E-state index contributed by atoms with van der Waals surface area (Å²) in [5.41, 5.74) is 0. The van der Waals surface area contributed by atoms with Gasteiger partial charge < -0.3 is 14.8 Å². The number of nitrogens with one attached hydrogen (secondary N) is 1. The van der Waals surface area contributed by atoms with Crippen LogP contribution in [0.3, 0.4) is 0 Å². The average Bonchev–Trinajstić information content (AvgIpc) is 2.35. The van der Waals surface area contributed by atoms with Crippen molar-refractivity contribution >= 4 is 15.9 Å². The van der Waals surface area contributed by atoms with E-state index in [1.165, 1.54) is 0 Å². The summed E-state index contributed by atoms with van der Waals surface area (Å²) in [7, 11) is 1.75. The number of hydrogen-bond acceptors (Lipinski definition) is 3. The van der Waals surface area contributed by atoms with Crippen LogP contribution in [0.4, 0.5) is 0 Å². The van der Waals surface area contributed by atoms with Crippen LogP contribution < -0.4 is 10.1 Å². The van der Waals surface area contributed by atoms with Crippen LogP contribution in [0.1, 0.15) is 19.8 Å². The van der Waals surface area contributed by atoms with Crippen molar-refractivity contribution in [3.63, 3.8) is 0 Å². The zero-order valence-corrected chi connectivity index (χ0v) is 12.4. The standard InChI is InChI=1S/C14H20BrNO2/c1-3-8-16-11-9-13(14(11)17-2)18-12-7-5-4-6-10(12)15/h4-7,11,13-14,16H,3,8-9H2,1-2H3. The second kappa shape index (κ2) is 6.55. The molecule has 3 unspecified atom stereocenters. The SMILES string of the molecule is CCCNC1CC(Oc2ccccc2Br)C1OC. The molecule has 0 radical (unpaired) electrons. The Morgan fingerprint density at radius 3 is 2.83 bits per heavy atom. The summed E-state index contributed by atoms with van der Waals surface area (Å²) in [4.78, 5) is 0. The van der Waals surface area contributed by atoms with E-state index in [4.69, 9.17) is 9.47 Å². The van der Waals surface area contributed by atoms with E-state index in [1.807, 2.05) is 24.3 Å². The van der Waals surface area contributed by atoms with Crippen molar-refractivity contribution in [3.05, 3.63) is 28.7 Å². The first-order chi connectivity index (χ1) is 8.76. The maximum atomic E-state index is 5.98. The fourth-order valence-electron chi connectivity index (χ4n) is 2.25. The van der Waals surface area contributed by atoms with Gasteiger partial charge in [-0.05, 0) is 41.0 Å². The average molecular weight is 314 g/mol. The highest BCUT2D eigenvalue weighted by molar-refractivity contribution is 9.10. The van der Waals surface area contributed by atoms with Crippen LogP contribution in [0.25, 0.3) is 0 Å². The van der Waals surface area contributed by atoms with Crippen LogP contribution >= 0.6 is 15.9 Å². The van der Waals surface area contributed by atoms with E-state index < -0.39 is 0 Å². The number of ether oxygens (including phenoxy) is 2. The highest BCUT2D eigenvalue weighted by atomic mass is 79.9. The van der Waals surface area contributed by atoms with E-state index >= 15 is 0 Å². The molecule has 0 spiro atoms. The van der Waals surface area contributed by atoms with E-state index in [-0.39, 0.29) is 12.2 Å². The molecule has 0 amide bonds. The topological polar surface area (TPSA) is 30.5 Å². The molecule has 1 saturated carbocycles. The summed E-state index contributed by atoms with van der Waals surface area (Å²) in [5.74, 6) is 0.887. The molecule has 1 aliphatic carbocycles. The molecule has 0 aliphatic heterocycles. The molecule has 1 N–H and O–H groups in total. The van der Waals surface area contributed by atoms with Gasteiger partial charge in [-0.1, -0.05) is 19.1 Å². The zero-order valence-electron chi connectivity index (χ0n) is 10.9. The molecule has 1 aromatic rings. The van der Waals surface area contributed by atoms with Crippen LogP contribution in [0.5, 0.6) is 5.75 Å². The van der Waals surface area contributed by atoms with Crippen LogP contribution in [0.15, 0.2) is 28.7 Å². The third-order valence-electron chi connectivity index (χ3n) is 3.29. The van der Waals surface area contributed by atoms with Crippen molar-refractivity contribution in [1.82, 2.24) is 5.32 Å². The van der Waals surface area contributed by atoms with Gasteiger partial charge in [0.2, 0.25) is 0 Å². The third kappa shape index (κ3) is 3.05. The minimum atomic E-state index is 0.142. The number of benzene rings is 1. The van der Waals surface area contributed by atoms with Gasteiger partial charge in [-0.25, -0.2) is 0 Å². The Morgan fingerprint density at radius 2 is 2.17 bits per heavy atom. The summed E-state index contributed by atoms with van der Waals surface area (Å²) in [6, 6.07) is 8.35. The molecule has 4 heteroatoms. The molecule has 3 atom stereocenters. The van der Waals surface area contributed by atoms with Gasteiger partial charge in [0.15, 0.2) is 0 Å². The molecule has 1 fully saturated rings. The molecule has 0 saturated heterocycles. The van der Waals surface area contributed by atoms with Gasteiger partial charge >= 0.3 is 0 Å². The molecule has 0 bridgehead atoms. The number of methoxy groups -OCH3 is 1. The van der Waals surface area contributed by atoms with Gasteiger partial charge in [-0.15, -0.1) is 0 Å². The summed E-state index contributed by atoms with van der Waals surface area (Å²) in [6.45, 7) is 3.20. The van der Waals surface area contributed by atoms with Gasteiger partial charge in [0.1, 0.15) is 18.0 Å². The maximum absolute atomic E-state index is 5.98. The minimum absolute atomic E-state index is 0.142. The summed E-state index contributed by atoms with van der Waals surface area (Å²) < 4.78 is 12.5. The van der Waals surface area contributed by atoms with Crippen molar-refractivity contribution in [2.24, 2.45) is 0 Å².